The van der Waals surface area contributed by atoms with Gasteiger partial charge < -0.3 is 0 Å². The molecule has 0 fully saturated rings. The molecule has 0 radical (unpaired) electrons. The van der Waals surface area contributed by atoms with Crippen LogP contribution in [0.25, 0.3) is 0 Å². The zero-order valence-corrected chi connectivity index (χ0v) is 7.53. The van der Waals surface area contributed by atoms with Crippen LogP contribution in [0.4, 0.5) is 0 Å². The Labute approximate surface area is 70.0 Å². The molecule has 11 heavy (non-hydrogen) atoms. The Morgan fingerprint density at radius 3 is 2.73 bits per heavy atom. The molecule has 0 aromatic carbocycles. The molecule has 0 saturated heterocycles. The van der Waals surface area contributed by atoms with E-state index < -0.39 is 0 Å². The Bertz CT molecular complexity index is 159. The van der Waals surface area contributed by atoms with Crippen LogP contribution in [0.1, 0.15) is 51.9 Å². The Morgan fingerprint density at radius 2 is 1.82 bits per heavy atom. The third-order valence-electron chi connectivity index (χ3n) is 2.25. The van der Waals surface area contributed by atoms with Gasteiger partial charge in [0.25, 0.3) is 0 Å². The SMILES string of the molecule is CC1=C=CCCCCCCC1. The largest absolute Gasteiger partial charge is 0.126 e. The van der Waals surface area contributed by atoms with Crippen molar-refractivity contribution in [1.29, 1.82) is 0 Å². The molecular formula is C11H18. The highest BCUT2D eigenvalue weighted by Gasteiger charge is 1.93. The molecule has 0 spiro atoms. The first-order valence-electron chi connectivity index (χ1n) is 4.80. The van der Waals surface area contributed by atoms with Crippen molar-refractivity contribution in [1.82, 2.24) is 0 Å². The van der Waals surface area contributed by atoms with Crippen LogP contribution in [0.5, 0.6) is 0 Å². The molecule has 0 heterocycles. The van der Waals surface area contributed by atoms with Crippen molar-refractivity contribution >= 4 is 0 Å². The van der Waals surface area contributed by atoms with Crippen LogP contribution in [0.15, 0.2) is 17.4 Å². The van der Waals surface area contributed by atoms with Gasteiger partial charge in [-0.15, -0.1) is 5.73 Å². The lowest BCUT2D eigenvalue weighted by molar-refractivity contribution is 0.613. The molecule has 1 aliphatic rings. The van der Waals surface area contributed by atoms with Crippen LogP contribution in [0.2, 0.25) is 0 Å². The van der Waals surface area contributed by atoms with Crippen LogP contribution < -0.4 is 0 Å². The van der Waals surface area contributed by atoms with E-state index in [-0.39, 0.29) is 0 Å². The minimum Gasteiger partial charge on any atom is -0.126 e. The average molecular weight is 150 g/mol. The maximum atomic E-state index is 3.34. The first kappa shape index (κ1) is 8.62. The minimum atomic E-state index is 1.23. The van der Waals surface area contributed by atoms with E-state index in [0.717, 1.165) is 0 Å². The highest BCUT2D eigenvalue weighted by molar-refractivity contribution is 4.98. The van der Waals surface area contributed by atoms with Gasteiger partial charge in [0.2, 0.25) is 0 Å². The van der Waals surface area contributed by atoms with Crippen molar-refractivity contribution in [3.8, 4) is 0 Å². The topological polar surface area (TPSA) is 0 Å². The highest BCUT2D eigenvalue weighted by atomic mass is 14.0. The summed E-state index contributed by atoms with van der Waals surface area (Å²) < 4.78 is 0. The summed E-state index contributed by atoms with van der Waals surface area (Å²) in [5, 5.41) is 0. The summed E-state index contributed by atoms with van der Waals surface area (Å²) in [5.41, 5.74) is 4.78. The van der Waals surface area contributed by atoms with E-state index in [1.165, 1.54) is 50.5 Å². The van der Waals surface area contributed by atoms with Gasteiger partial charge in [-0.3, -0.25) is 0 Å². The van der Waals surface area contributed by atoms with Crippen LogP contribution in [0, 0.1) is 0 Å². The Balaban J connectivity index is 2.42. The van der Waals surface area contributed by atoms with Crippen LogP contribution in [0.3, 0.4) is 0 Å². The maximum absolute atomic E-state index is 3.34. The summed E-state index contributed by atoms with van der Waals surface area (Å²) in [6.45, 7) is 2.19. The molecule has 62 valence electrons. The second kappa shape index (κ2) is 5.21. The number of hydrogen-bond acceptors (Lipinski definition) is 0. The van der Waals surface area contributed by atoms with Crippen molar-refractivity contribution in [3.63, 3.8) is 0 Å². The maximum Gasteiger partial charge on any atom is -0.0247 e. The van der Waals surface area contributed by atoms with E-state index >= 15 is 0 Å². The summed E-state index contributed by atoms with van der Waals surface area (Å²) in [5.74, 6) is 0. The summed E-state index contributed by atoms with van der Waals surface area (Å²) >= 11 is 0. The molecule has 0 aliphatic heterocycles. The molecule has 0 unspecified atom stereocenters. The molecule has 0 nitrogen and oxygen atoms in total. The highest BCUT2D eigenvalue weighted by Crippen LogP contribution is 2.12. The van der Waals surface area contributed by atoms with Crippen molar-refractivity contribution in [3.05, 3.63) is 17.4 Å². The Kier molecular flexibility index (Phi) is 4.08. The Morgan fingerprint density at radius 1 is 1.09 bits per heavy atom. The fraction of sp³-hybridized carbons (Fsp3) is 0.727. The molecule has 0 amide bonds. The van der Waals surface area contributed by atoms with E-state index in [1.54, 1.807) is 0 Å². The number of rotatable bonds is 0. The molecule has 0 atom stereocenters. The first-order chi connectivity index (χ1) is 5.39. The monoisotopic (exact) mass is 150 g/mol. The molecule has 1 rings (SSSR count). The molecule has 0 saturated carbocycles. The van der Waals surface area contributed by atoms with Crippen molar-refractivity contribution in [2.45, 2.75) is 51.9 Å². The molecule has 0 heteroatoms. The third kappa shape index (κ3) is 4.06. The normalized spacial score (nSPS) is 21.0. The summed E-state index contributed by atoms with van der Waals surface area (Å²) in [4.78, 5) is 0. The fourth-order valence-corrected chi connectivity index (χ4v) is 1.49. The lowest BCUT2D eigenvalue weighted by Crippen LogP contribution is -1.82. The summed E-state index contributed by atoms with van der Waals surface area (Å²) in [6.07, 6.45) is 11.7. The second-order valence-corrected chi connectivity index (χ2v) is 3.44. The molecule has 0 aromatic rings. The Hall–Kier alpha value is -0.480. The van der Waals surface area contributed by atoms with Gasteiger partial charge in [0.1, 0.15) is 0 Å². The van der Waals surface area contributed by atoms with E-state index in [9.17, 15) is 0 Å². The smallest absolute Gasteiger partial charge is 0.0247 e. The number of allylic oxidation sites excluding steroid dienone is 1. The lowest BCUT2D eigenvalue weighted by atomic mass is 10.0. The van der Waals surface area contributed by atoms with Crippen LogP contribution in [-0.2, 0) is 0 Å². The number of hydrogen-bond donors (Lipinski definition) is 0. The van der Waals surface area contributed by atoms with Gasteiger partial charge in [-0.2, -0.15) is 0 Å². The second-order valence-electron chi connectivity index (χ2n) is 3.44. The van der Waals surface area contributed by atoms with Crippen molar-refractivity contribution in [2.75, 3.05) is 0 Å². The van der Waals surface area contributed by atoms with E-state index in [0.29, 0.717) is 0 Å². The molecular weight excluding hydrogens is 132 g/mol. The van der Waals surface area contributed by atoms with Crippen molar-refractivity contribution < 1.29 is 0 Å². The minimum absolute atomic E-state index is 1.23. The van der Waals surface area contributed by atoms with E-state index in [4.69, 9.17) is 0 Å². The molecule has 0 N–H and O–H groups in total. The summed E-state index contributed by atoms with van der Waals surface area (Å²) in [6, 6.07) is 0. The van der Waals surface area contributed by atoms with Gasteiger partial charge in [0, 0.05) is 0 Å². The molecule has 0 aromatic heterocycles. The lowest BCUT2D eigenvalue weighted by Gasteiger charge is -2.01. The zero-order chi connectivity index (χ0) is 7.94. The standard InChI is InChI=1S/C11H18/c1-11-9-7-5-3-2-4-6-8-10-11/h7H,2-6,8,10H2,1H3. The van der Waals surface area contributed by atoms with Gasteiger partial charge in [0.15, 0.2) is 0 Å². The van der Waals surface area contributed by atoms with Gasteiger partial charge in [-0.1, -0.05) is 19.3 Å². The van der Waals surface area contributed by atoms with E-state index in [2.05, 4.69) is 18.7 Å². The zero-order valence-electron chi connectivity index (χ0n) is 7.53. The van der Waals surface area contributed by atoms with Gasteiger partial charge in [-0.05, 0) is 44.3 Å². The predicted molar refractivity (Wildman–Crippen MR) is 49.6 cm³/mol. The van der Waals surface area contributed by atoms with Gasteiger partial charge >= 0.3 is 0 Å². The molecule has 0 bridgehead atoms. The van der Waals surface area contributed by atoms with Gasteiger partial charge in [0.05, 0.1) is 0 Å². The summed E-state index contributed by atoms with van der Waals surface area (Å²) in [7, 11) is 0. The fourth-order valence-electron chi connectivity index (χ4n) is 1.49. The van der Waals surface area contributed by atoms with E-state index in [1.807, 2.05) is 0 Å². The quantitative estimate of drug-likeness (QED) is 0.460. The first-order valence-corrected chi connectivity index (χ1v) is 4.80. The molecule has 1 aliphatic carbocycles. The van der Waals surface area contributed by atoms with Crippen LogP contribution >= 0.6 is 0 Å². The van der Waals surface area contributed by atoms with Crippen molar-refractivity contribution in [2.24, 2.45) is 0 Å². The average Bonchev–Trinajstić information content (AvgIpc) is 2.03. The third-order valence-corrected chi connectivity index (χ3v) is 2.25. The predicted octanol–water partition coefficient (Wildman–Crippen LogP) is 3.83. The van der Waals surface area contributed by atoms with Crippen LogP contribution in [-0.4, -0.2) is 0 Å². The van der Waals surface area contributed by atoms with Gasteiger partial charge in [-0.25, -0.2) is 0 Å².